The highest BCUT2D eigenvalue weighted by Crippen LogP contribution is 2.32. The third-order valence-electron chi connectivity index (χ3n) is 3.13. The lowest BCUT2D eigenvalue weighted by molar-refractivity contribution is -0.385. The van der Waals surface area contributed by atoms with Gasteiger partial charge in [0, 0.05) is 22.2 Å². The molecule has 1 N–H and O–H groups in total. The smallest absolute Gasteiger partial charge is 0.274 e. The number of nitrogens with zero attached hydrogens (tertiary/aromatic N) is 1. The Morgan fingerprint density at radius 3 is 2.55 bits per heavy atom. The molecule has 0 saturated carbocycles. The zero-order chi connectivity index (χ0) is 14.9. The van der Waals surface area contributed by atoms with Crippen LogP contribution in [-0.2, 0) is 0 Å². The monoisotopic (exact) mass is 310 g/mol. The van der Waals surface area contributed by atoms with E-state index in [0.717, 1.165) is 20.5 Å². The first kappa shape index (κ1) is 14.8. The molecule has 2 aromatic rings. The Morgan fingerprint density at radius 1 is 1.30 bits per heavy atom. The Kier molecular flexibility index (Phi) is 4.30. The number of hydrogen-bond acceptors (Lipinski definition) is 4. The van der Waals surface area contributed by atoms with Crippen LogP contribution in [0.1, 0.15) is 29.0 Å². The van der Waals surface area contributed by atoms with E-state index < -0.39 is 0 Å². The van der Waals surface area contributed by atoms with E-state index in [4.69, 9.17) is 11.6 Å². The normalized spacial score (nSPS) is 12.2. The Labute approximate surface area is 126 Å². The molecule has 0 radical (unpaired) electrons. The summed E-state index contributed by atoms with van der Waals surface area (Å²) in [7, 11) is 0. The quantitative estimate of drug-likeness (QED) is 0.631. The molecule has 1 aromatic carbocycles. The molecular weight excluding hydrogens is 296 g/mol. The van der Waals surface area contributed by atoms with Gasteiger partial charge in [0.2, 0.25) is 0 Å². The van der Waals surface area contributed by atoms with Crippen LogP contribution in [-0.4, -0.2) is 4.92 Å². The number of aryl methyl sites for hydroxylation is 2. The van der Waals surface area contributed by atoms with Gasteiger partial charge in [-0.15, -0.1) is 11.3 Å². The summed E-state index contributed by atoms with van der Waals surface area (Å²) in [6.45, 7) is 5.69. The number of nitrogens with one attached hydrogen (secondary N) is 1. The number of benzene rings is 1. The Hall–Kier alpha value is -1.59. The van der Waals surface area contributed by atoms with Gasteiger partial charge in [-0.3, -0.25) is 10.1 Å². The fraction of sp³-hybridized carbons (Fsp3) is 0.286. The fourth-order valence-electron chi connectivity index (χ4n) is 2.06. The maximum absolute atomic E-state index is 11.0. The summed E-state index contributed by atoms with van der Waals surface area (Å²) in [5, 5.41) is 14.3. The van der Waals surface area contributed by atoms with Crippen LogP contribution in [0.25, 0.3) is 0 Å². The number of hydrogen-bond donors (Lipinski definition) is 1. The Balaban J connectivity index is 2.29. The van der Waals surface area contributed by atoms with E-state index in [-0.39, 0.29) is 16.7 Å². The minimum absolute atomic E-state index is 0.0495. The molecule has 0 fully saturated rings. The van der Waals surface area contributed by atoms with Crippen LogP contribution in [0.4, 0.5) is 11.4 Å². The van der Waals surface area contributed by atoms with Crippen molar-refractivity contribution in [3.05, 3.63) is 54.7 Å². The van der Waals surface area contributed by atoms with Crippen molar-refractivity contribution >= 4 is 34.3 Å². The average Bonchev–Trinajstić information content (AvgIpc) is 2.79. The highest BCUT2D eigenvalue weighted by atomic mass is 35.5. The van der Waals surface area contributed by atoms with Crippen molar-refractivity contribution in [2.24, 2.45) is 0 Å². The van der Waals surface area contributed by atoms with Crippen LogP contribution < -0.4 is 5.32 Å². The molecule has 0 saturated heterocycles. The second-order valence-electron chi connectivity index (χ2n) is 4.72. The van der Waals surface area contributed by atoms with Gasteiger partial charge in [-0.2, -0.15) is 0 Å². The number of anilines is 1. The van der Waals surface area contributed by atoms with Crippen LogP contribution in [0.15, 0.2) is 24.3 Å². The molecule has 20 heavy (non-hydrogen) atoms. The topological polar surface area (TPSA) is 55.2 Å². The highest BCUT2D eigenvalue weighted by molar-refractivity contribution is 7.16. The molecule has 1 atom stereocenters. The first-order valence-electron chi connectivity index (χ1n) is 6.16. The van der Waals surface area contributed by atoms with Gasteiger partial charge in [0.1, 0.15) is 0 Å². The number of nitro benzene ring substituents is 1. The molecule has 0 bridgehead atoms. The number of rotatable bonds is 4. The van der Waals surface area contributed by atoms with E-state index in [2.05, 4.69) is 5.32 Å². The molecule has 106 valence electrons. The molecule has 4 nitrogen and oxygen atoms in total. The summed E-state index contributed by atoms with van der Waals surface area (Å²) in [4.78, 5) is 11.7. The SMILES string of the molecule is Cc1cc(C)c([N+](=O)[O-])cc1NC(C)c1ccc(Cl)s1. The summed E-state index contributed by atoms with van der Waals surface area (Å²) in [5.41, 5.74) is 2.57. The van der Waals surface area contributed by atoms with Crippen molar-refractivity contribution < 1.29 is 4.92 Å². The number of thiophene rings is 1. The minimum atomic E-state index is -0.355. The lowest BCUT2D eigenvalue weighted by Crippen LogP contribution is -2.07. The Bertz CT molecular complexity index is 655. The van der Waals surface area contributed by atoms with E-state index in [0.29, 0.717) is 5.56 Å². The maximum atomic E-state index is 11.0. The molecule has 0 aliphatic heterocycles. The zero-order valence-electron chi connectivity index (χ0n) is 11.4. The second kappa shape index (κ2) is 5.81. The van der Waals surface area contributed by atoms with E-state index >= 15 is 0 Å². The van der Waals surface area contributed by atoms with Crippen molar-refractivity contribution in [2.45, 2.75) is 26.8 Å². The predicted octanol–water partition coefficient (Wildman–Crippen LogP) is 5.10. The molecule has 0 aliphatic carbocycles. The minimum Gasteiger partial charge on any atom is -0.377 e. The standard InChI is InChI=1S/C14H15ClN2O2S/c1-8-6-9(2)12(17(18)19)7-11(8)16-10(3)13-4-5-14(15)20-13/h4-7,10,16H,1-3H3. The summed E-state index contributed by atoms with van der Waals surface area (Å²) in [5.74, 6) is 0. The van der Waals surface area contributed by atoms with Gasteiger partial charge in [-0.1, -0.05) is 11.6 Å². The highest BCUT2D eigenvalue weighted by Gasteiger charge is 2.16. The summed E-state index contributed by atoms with van der Waals surface area (Å²) in [6.07, 6.45) is 0. The van der Waals surface area contributed by atoms with Gasteiger partial charge in [0.25, 0.3) is 5.69 Å². The largest absolute Gasteiger partial charge is 0.377 e. The van der Waals surface area contributed by atoms with Gasteiger partial charge in [-0.25, -0.2) is 0 Å². The van der Waals surface area contributed by atoms with Crippen LogP contribution >= 0.6 is 22.9 Å². The Morgan fingerprint density at radius 2 is 2.00 bits per heavy atom. The second-order valence-corrected chi connectivity index (χ2v) is 6.47. The molecular formula is C14H15ClN2O2S. The van der Waals surface area contributed by atoms with Gasteiger partial charge in [0.05, 0.1) is 15.3 Å². The fourth-order valence-corrected chi connectivity index (χ4v) is 3.12. The van der Waals surface area contributed by atoms with Crippen molar-refractivity contribution in [3.8, 4) is 0 Å². The van der Waals surface area contributed by atoms with Crippen molar-refractivity contribution in [1.82, 2.24) is 0 Å². The summed E-state index contributed by atoms with van der Waals surface area (Å²) >= 11 is 7.43. The van der Waals surface area contributed by atoms with Gasteiger partial charge in [0.15, 0.2) is 0 Å². The molecule has 2 rings (SSSR count). The lowest BCUT2D eigenvalue weighted by atomic mass is 10.1. The van der Waals surface area contributed by atoms with E-state index in [1.165, 1.54) is 11.3 Å². The van der Waals surface area contributed by atoms with Crippen molar-refractivity contribution in [1.29, 1.82) is 0 Å². The zero-order valence-corrected chi connectivity index (χ0v) is 13.0. The van der Waals surface area contributed by atoms with Gasteiger partial charge in [-0.05, 0) is 44.5 Å². The predicted molar refractivity (Wildman–Crippen MR) is 83.9 cm³/mol. The third-order valence-corrected chi connectivity index (χ3v) is 4.55. The third kappa shape index (κ3) is 3.11. The van der Waals surface area contributed by atoms with E-state index in [1.807, 2.05) is 32.0 Å². The maximum Gasteiger partial charge on any atom is 0.274 e. The average molecular weight is 311 g/mol. The molecule has 0 amide bonds. The van der Waals surface area contributed by atoms with Gasteiger partial charge >= 0.3 is 0 Å². The van der Waals surface area contributed by atoms with Crippen LogP contribution in [0.5, 0.6) is 0 Å². The van der Waals surface area contributed by atoms with E-state index in [1.54, 1.807) is 13.0 Å². The number of nitro groups is 1. The molecule has 1 heterocycles. The lowest BCUT2D eigenvalue weighted by Gasteiger charge is -2.16. The van der Waals surface area contributed by atoms with Gasteiger partial charge < -0.3 is 5.32 Å². The summed E-state index contributed by atoms with van der Waals surface area (Å²) < 4.78 is 0.736. The molecule has 1 aromatic heterocycles. The first-order valence-corrected chi connectivity index (χ1v) is 7.35. The summed E-state index contributed by atoms with van der Waals surface area (Å²) in [6, 6.07) is 7.28. The molecule has 6 heteroatoms. The molecule has 0 spiro atoms. The number of halogens is 1. The molecule has 1 unspecified atom stereocenters. The van der Waals surface area contributed by atoms with Crippen LogP contribution in [0.2, 0.25) is 4.34 Å². The van der Waals surface area contributed by atoms with Crippen molar-refractivity contribution in [2.75, 3.05) is 5.32 Å². The first-order chi connectivity index (χ1) is 9.38. The van der Waals surface area contributed by atoms with E-state index in [9.17, 15) is 10.1 Å². The molecule has 0 aliphatic rings. The van der Waals surface area contributed by atoms with Crippen LogP contribution in [0, 0.1) is 24.0 Å². The van der Waals surface area contributed by atoms with Crippen molar-refractivity contribution in [3.63, 3.8) is 0 Å². The van der Waals surface area contributed by atoms with Crippen LogP contribution in [0.3, 0.4) is 0 Å².